The maximum Gasteiger partial charge on any atom is 0.410 e. The molecule has 1 unspecified atom stereocenters. The average molecular weight is 389 g/mol. The van der Waals surface area contributed by atoms with Crippen molar-refractivity contribution in [1.29, 1.82) is 0 Å². The molecule has 1 atom stereocenters. The maximum atomic E-state index is 13.4. The molecular weight excluding hydrogens is 363 g/mol. The number of rotatable bonds is 5. The lowest BCUT2D eigenvalue weighted by atomic mass is 10.2. The van der Waals surface area contributed by atoms with Crippen molar-refractivity contribution >= 4 is 17.7 Å². The summed E-state index contributed by atoms with van der Waals surface area (Å²) < 4.78 is 24.1. The van der Waals surface area contributed by atoms with Crippen LogP contribution in [0.4, 0.5) is 9.18 Å². The Labute approximate surface area is 158 Å². The molecule has 1 heterocycles. The molecule has 1 aliphatic rings. The van der Waals surface area contributed by atoms with Crippen molar-refractivity contribution in [3.05, 3.63) is 29.0 Å². The average Bonchev–Trinajstić information content (AvgIpc) is 2.55. The summed E-state index contributed by atoms with van der Waals surface area (Å²) in [5.41, 5.74) is -0.511. The molecule has 1 N–H and O–H groups in total. The van der Waals surface area contributed by atoms with Gasteiger partial charge in [0.1, 0.15) is 29.9 Å². The maximum absolute atomic E-state index is 13.4. The van der Waals surface area contributed by atoms with Gasteiger partial charge in [-0.2, -0.15) is 0 Å². The summed E-state index contributed by atoms with van der Waals surface area (Å²) in [5, 5.41) is 10.2. The lowest BCUT2D eigenvalue weighted by Gasteiger charge is -2.36. The van der Waals surface area contributed by atoms with Crippen LogP contribution >= 0.6 is 11.6 Å². The van der Waals surface area contributed by atoms with E-state index in [4.69, 9.17) is 21.1 Å². The number of carbonyl (C=O) groups excluding carboxylic acids is 1. The van der Waals surface area contributed by atoms with Crippen molar-refractivity contribution in [1.82, 2.24) is 9.80 Å². The zero-order valence-corrected chi connectivity index (χ0v) is 16.1. The number of carbonyl (C=O) groups is 1. The van der Waals surface area contributed by atoms with Crippen LogP contribution in [0.2, 0.25) is 5.02 Å². The van der Waals surface area contributed by atoms with E-state index in [1.165, 1.54) is 12.1 Å². The number of hydrogen-bond donors (Lipinski definition) is 1. The van der Waals surface area contributed by atoms with E-state index < -0.39 is 17.5 Å². The Morgan fingerprint density at radius 3 is 2.54 bits per heavy atom. The van der Waals surface area contributed by atoms with Crippen LogP contribution in [-0.2, 0) is 4.74 Å². The van der Waals surface area contributed by atoms with Crippen molar-refractivity contribution in [2.75, 3.05) is 39.3 Å². The minimum Gasteiger partial charge on any atom is -0.491 e. The quantitative estimate of drug-likeness (QED) is 0.840. The summed E-state index contributed by atoms with van der Waals surface area (Å²) in [6.07, 6.45) is -1.03. The molecule has 2 rings (SSSR count). The molecule has 8 heteroatoms. The Morgan fingerprint density at radius 1 is 1.31 bits per heavy atom. The van der Waals surface area contributed by atoms with Gasteiger partial charge in [-0.15, -0.1) is 0 Å². The van der Waals surface area contributed by atoms with Crippen LogP contribution in [0.25, 0.3) is 0 Å². The van der Waals surface area contributed by atoms with Crippen LogP contribution in [0.5, 0.6) is 5.75 Å². The first kappa shape index (κ1) is 20.7. The fourth-order valence-electron chi connectivity index (χ4n) is 2.55. The zero-order valence-electron chi connectivity index (χ0n) is 15.4. The molecule has 0 saturated carbocycles. The Kier molecular flexibility index (Phi) is 7.08. The van der Waals surface area contributed by atoms with Gasteiger partial charge >= 0.3 is 6.09 Å². The summed E-state index contributed by atoms with van der Waals surface area (Å²) in [6, 6.07) is 4.15. The van der Waals surface area contributed by atoms with E-state index in [9.17, 15) is 14.3 Å². The number of ether oxygens (including phenoxy) is 2. The Morgan fingerprint density at radius 2 is 1.96 bits per heavy atom. The summed E-state index contributed by atoms with van der Waals surface area (Å²) in [4.78, 5) is 15.7. The van der Waals surface area contributed by atoms with Gasteiger partial charge in [0, 0.05) is 38.8 Å². The zero-order chi connectivity index (χ0) is 19.3. The van der Waals surface area contributed by atoms with Gasteiger partial charge in [0.15, 0.2) is 0 Å². The number of amides is 1. The van der Waals surface area contributed by atoms with E-state index >= 15 is 0 Å². The number of hydrogen-bond acceptors (Lipinski definition) is 5. The van der Waals surface area contributed by atoms with Crippen LogP contribution in [-0.4, -0.2) is 72.0 Å². The van der Waals surface area contributed by atoms with Crippen LogP contribution in [0.3, 0.4) is 0 Å². The van der Waals surface area contributed by atoms with Gasteiger partial charge in [-0.1, -0.05) is 11.6 Å². The topological polar surface area (TPSA) is 62.2 Å². The van der Waals surface area contributed by atoms with Crippen molar-refractivity contribution in [3.63, 3.8) is 0 Å². The Balaban J connectivity index is 1.71. The summed E-state index contributed by atoms with van der Waals surface area (Å²) in [6.45, 7) is 8.36. The van der Waals surface area contributed by atoms with E-state index in [2.05, 4.69) is 4.90 Å². The number of β-amino-alcohol motifs (C(OH)–C–C–N with tert-alkyl or cyclic N) is 1. The first-order valence-electron chi connectivity index (χ1n) is 8.60. The molecule has 26 heavy (non-hydrogen) atoms. The highest BCUT2D eigenvalue weighted by Gasteiger charge is 2.26. The minimum absolute atomic E-state index is 0.0285. The van der Waals surface area contributed by atoms with Gasteiger partial charge in [0.2, 0.25) is 0 Å². The molecule has 0 radical (unpaired) electrons. The van der Waals surface area contributed by atoms with E-state index in [-0.39, 0.29) is 17.7 Å². The van der Waals surface area contributed by atoms with E-state index in [1.807, 2.05) is 20.8 Å². The van der Waals surface area contributed by atoms with E-state index in [0.29, 0.717) is 38.5 Å². The molecule has 146 valence electrons. The number of benzene rings is 1. The van der Waals surface area contributed by atoms with Crippen molar-refractivity contribution in [3.8, 4) is 5.75 Å². The van der Waals surface area contributed by atoms with Gasteiger partial charge < -0.3 is 19.5 Å². The summed E-state index contributed by atoms with van der Waals surface area (Å²) in [5.74, 6) is -0.238. The summed E-state index contributed by atoms with van der Waals surface area (Å²) in [7, 11) is 0. The van der Waals surface area contributed by atoms with Crippen LogP contribution in [0.15, 0.2) is 18.2 Å². The molecule has 6 nitrogen and oxygen atoms in total. The van der Waals surface area contributed by atoms with E-state index in [0.717, 1.165) is 0 Å². The second-order valence-electron chi connectivity index (χ2n) is 7.31. The highest BCUT2D eigenvalue weighted by molar-refractivity contribution is 6.30. The molecular formula is C18H26ClFN2O4. The molecule has 1 aromatic rings. The fourth-order valence-corrected chi connectivity index (χ4v) is 2.67. The van der Waals surface area contributed by atoms with E-state index in [1.54, 1.807) is 11.0 Å². The minimum atomic E-state index is -0.721. The third-order valence-electron chi connectivity index (χ3n) is 3.83. The largest absolute Gasteiger partial charge is 0.491 e. The molecule has 0 aliphatic carbocycles. The predicted molar refractivity (Wildman–Crippen MR) is 97.2 cm³/mol. The highest BCUT2D eigenvalue weighted by atomic mass is 35.5. The molecule has 1 saturated heterocycles. The number of aliphatic hydroxyl groups is 1. The Bertz CT molecular complexity index is 616. The molecule has 0 aromatic heterocycles. The monoisotopic (exact) mass is 388 g/mol. The number of aliphatic hydroxyl groups excluding tert-OH is 1. The van der Waals surface area contributed by atoms with Gasteiger partial charge in [0.05, 0.1) is 5.02 Å². The molecule has 0 bridgehead atoms. The molecule has 1 fully saturated rings. The van der Waals surface area contributed by atoms with Gasteiger partial charge in [-0.05, 0) is 32.9 Å². The molecule has 0 spiro atoms. The SMILES string of the molecule is CC(C)(C)OC(=O)N1CCN(CC(O)COc2ccc(Cl)c(F)c2)CC1. The Hall–Kier alpha value is -1.57. The molecule has 1 amide bonds. The summed E-state index contributed by atoms with van der Waals surface area (Å²) >= 11 is 5.62. The van der Waals surface area contributed by atoms with Crippen LogP contribution < -0.4 is 4.74 Å². The standard InChI is InChI=1S/C18H26ClFN2O4/c1-18(2,3)26-17(24)22-8-6-21(7-9-22)11-13(23)12-25-14-4-5-15(19)16(20)10-14/h4-5,10,13,23H,6-9,11-12H2,1-3H3. The third-order valence-corrected chi connectivity index (χ3v) is 4.13. The fraction of sp³-hybridized carbons (Fsp3) is 0.611. The van der Waals surface area contributed by atoms with Gasteiger partial charge in [-0.3, -0.25) is 4.90 Å². The number of nitrogens with zero attached hydrogens (tertiary/aromatic N) is 2. The number of halogens is 2. The van der Waals surface area contributed by atoms with Gasteiger partial charge in [-0.25, -0.2) is 9.18 Å². The first-order valence-corrected chi connectivity index (χ1v) is 8.98. The second-order valence-corrected chi connectivity index (χ2v) is 7.72. The number of piperazine rings is 1. The van der Waals surface area contributed by atoms with Crippen molar-refractivity contribution in [2.24, 2.45) is 0 Å². The molecule has 1 aliphatic heterocycles. The molecule has 1 aromatic carbocycles. The first-order chi connectivity index (χ1) is 12.1. The lowest BCUT2D eigenvalue weighted by molar-refractivity contribution is 0.00711. The van der Waals surface area contributed by atoms with Crippen molar-refractivity contribution < 1.29 is 23.8 Å². The smallest absolute Gasteiger partial charge is 0.410 e. The van der Waals surface area contributed by atoms with Crippen LogP contribution in [0.1, 0.15) is 20.8 Å². The highest BCUT2D eigenvalue weighted by Crippen LogP contribution is 2.20. The van der Waals surface area contributed by atoms with Crippen LogP contribution in [0, 0.1) is 5.82 Å². The van der Waals surface area contributed by atoms with Gasteiger partial charge in [0.25, 0.3) is 0 Å². The third kappa shape index (κ3) is 6.63. The lowest BCUT2D eigenvalue weighted by Crippen LogP contribution is -2.51. The predicted octanol–water partition coefficient (Wildman–Crippen LogP) is 2.77. The second kappa shape index (κ2) is 8.88. The normalized spacial score (nSPS) is 17.1. The van der Waals surface area contributed by atoms with Crippen molar-refractivity contribution in [2.45, 2.75) is 32.5 Å².